The van der Waals surface area contributed by atoms with Gasteiger partial charge in [0.2, 0.25) is 0 Å². The fourth-order valence-corrected chi connectivity index (χ4v) is 4.58. The Balaban J connectivity index is 1.47. The summed E-state index contributed by atoms with van der Waals surface area (Å²) in [6.07, 6.45) is 5.18. The van der Waals surface area contributed by atoms with Gasteiger partial charge in [0.05, 0.1) is 17.9 Å². The van der Waals surface area contributed by atoms with Gasteiger partial charge in [0.1, 0.15) is 0 Å². The van der Waals surface area contributed by atoms with Crippen LogP contribution in [0.4, 0.5) is 0 Å². The molecule has 0 saturated carbocycles. The molecule has 4 rings (SSSR count). The second kappa shape index (κ2) is 5.23. The van der Waals surface area contributed by atoms with Crippen LogP contribution in [0, 0.1) is 0 Å². The van der Waals surface area contributed by atoms with E-state index in [0.717, 1.165) is 45.5 Å². The first kappa shape index (κ1) is 13.5. The maximum absolute atomic E-state index is 6.26. The summed E-state index contributed by atoms with van der Waals surface area (Å²) < 4.78 is 8.23. The molecule has 0 amide bonds. The highest BCUT2D eigenvalue weighted by Gasteiger charge is 2.41. The molecule has 1 saturated heterocycles. The van der Waals surface area contributed by atoms with E-state index in [1.807, 2.05) is 29.3 Å². The molecule has 112 valence electrons. The third-order valence-electron chi connectivity index (χ3n) is 4.92. The quantitative estimate of drug-likeness (QED) is 0.854. The second-order valence-electron chi connectivity index (χ2n) is 6.07. The molecule has 0 aliphatic carbocycles. The molecule has 2 aromatic heterocycles. The van der Waals surface area contributed by atoms with Crippen LogP contribution in [0.2, 0.25) is 0 Å². The van der Waals surface area contributed by atoms with Crippen LogP contribution in [-0.4, -0.2) is 34.4 Å². The average Bonchev–Trinajstić information content (AvgIpc) is 3.12. The van der Waals surface area contributed by atoms with E-state index in [-0.39, 0.29) is 5.60 Å². The molecule has 0 radical (unpaired) electrons. The van der Waals surface area contributed by atoms with Crippen molar-refractivity contribution in [2.75, 3.05) is 19.7 Å². The van der Waals surface area contributed by atoms with Gasteiger partial charge in [-0.25, -0.2) is 0 Å². The van der Waals surface area contributed by atoms with Crippen LogP contribution in [0.3, 0.4) is 0 Å². The van der Waals surface area contributed by atoms with Crippen LogP contribution in [0.1, 0.15) is 29.0 Å². The third kappa shape index (κ3) is 2.33. The number of hydrogen-bond donors (Lipinski definition) is 0. The molecule has 5 heteroatoms. The van der Waals surface area contributed by atoms with Crippen molar-refractivity contribution in [3.8, 4) is 0 Å². The molecular formula is C16H21N3OS. The number of aromatic nitrogens is 2. The molecule has 4 nitrogen and oxygen atoms in total. The summed E-state index contributed by atoms with van der Waals surface area (Å²) in [6.45, 7) is 4.07. The lowest BCUT2D eigenvalue weighted by Gasteiger charge is -2.44. The number of nitrogens with zero attached hydrogens (tertiary/aromatic N) is 3. The number of fused-ring (bicyclic) bond motifs is 2. The number of aryl methyl sites for hydroxylation is 1. The highest BCUT2D eigenvalue weighted by Crippen LogP contribution is 2.43. The Morgan fingerprint density at radius 1 is 1.33 bits per heavy atom. The molecule has 2 aromatic rings. The van der Waals surface area contributed by atoms with Crippen molar-refractivity contribution in [2.45, 2.75) is 31.4 Å². The maximum Gasteiger partial charge on any atom is 0.0966 e. The van der Waals surface area contributed by atoms with Crippen molar-refractivity contribution in [1.29, 1.82) is 0 Å². The third-order valence-corrected chi connectivity index (χ3v) is 5.90. The second-order valence-corrected chi connectivity index (χ2v) is 7.07. The monoisotopic (exact) mass is 303 g/mol. The highest BCUT2D eigenvalue weighted by molar-refractivity contribution is 7.10. The van der Waals surface area contributed by atoms with Crippen LogP contribution in [0.5, 0.6) is 0 Å². The zero-order valence-corrected chi connectivity index (χ0v) is 13.2. The standard InChI is InChI=1S/C16H21N3OS/c1-18-13(2-7-17-18)12-19-8-5-16(6-9-19)14-4-11-21-15(14)3-10-20-16/h2,4,7,11H,3,5-6,8-10,12H2,1H3. The van der Waals surface area contributed by atoms with E-state index in [9.17, 15) is 0 Å². The summed E-state index contributed by atoms with van der Waals surface area (Å²) in [5, 5.41) is 6.48. The predicted octanol–water partition coefficient (Wildman–Crippen LogP) is 2.55. The fraction of sp³-hybridized carbons (Fsp3) is 0.562. The van der Waals surface area contributed by atoms with E-state index in [1.165, 1.54) is 11.3 Å². The molecule has 0 unspecified atom stereocenters. The fourth-order valence-electron chi connectivity index (χ4n) is 3.63. The molecule has 4 heterocycles. The molecule has 2 aliphatic rings. The molecule has 0 N–H and O–H groups in total. The smallest absolute Gasteiger partial charge is 0.0966 e. The first-order valence-corrected chi connectivity index (χ1v) is 8.55. The molecule has 1 spiro atoms. The SMILES string of the molecule is Cn1nccc1CN1CCC2(CC1)OCCc1sccc12. The first-order valence-electron chi connectivity index (χ1n) is 7.67. The van der Waals surface area contributed by atoms with E-state index in [2.05, 4.69) is 27.5 Å². The van der Waals surface area contributed by atoms with Gasteiger partial charge in [-0.3, -0.25) is 9.58 Å². The average molecular weight is 303 g/mol. The lowest BCUT2D eigenvalue weighted by Crippen LogP contribution is -2.46. The van der Waals surface area contributed by atoms with Crippen LogP contribution in [0.15, 0.2) is 23.7 Å². The largest absolute Gasteiger partial charge is 0.370 e. The lowest BCUT2D eigenvalue weighted by atomic mass is 9.82. The van der Waals surface area contributed by atoms with Crippen molar-refractivity contribution in [2.24, 2.45) is 7.05 Å². The molecule has 1 fully saturated rings. The molecule has 0 aromatic carbocycles. The Hall–Kier alpha value is -1.17. The Morgan fingerprint density at radius 3 is 2.95 bits per heavy atom. The summed E-state index contributed by atoms with van der Waals surface area (Å²) >= 11 is 1.89. The van der Waals surface area contributed by atoms with E-state index >= 15 is 0 Å². The van der Waals surface area contributed by atoms with E-state index in [4.69, 9.17) is 4.74 Å². The highest BCUT2D eigenvalue weighted by atomic mass is 32.1. The van der Waals surface area contributed by atoms with Gasteiger partial charge in [-0.1, -0.05) is 0 Å². The minimum atomic E-state index is -0.00343. The summed E-state index contributed by atoms with van der Waals surface area (Å²) in [4.78, 5) is 4.06. The van der Waals surface area contributed by atoms with Crippen LogP contribution in [-0.2, 0) is 30.4 Å². The Bertz CT molecular complexity index is 625. The summed E-state index contributed by atoms with van der Waals surface area (Å²) in [7, 11) is 2.02. The Kier molecular flexibility index (Phi) is 3.36. The van der Waals surface area contributed by atoms with Crippen molar-refractivity contribution < 1.29 is 4.74 Å². The summed E-state index contributed by atoms with van der Waals surface area (Å²) in [5.41, 5.74) is 2.75. The number of thiophene rings is 1. The van der Waals surface area contributed by atoms with E-state index in [0.29, 0.717) is 0 Å². The number of ether oxygens (including phenoxy) is 1. The predicted molar refractivity (Wildman–Crippen MR) is 83.4 cm³/mol. The van der Waals surface area contributed by atoms with Crippen molar-refractivity contribution >= 4 is 11.3 Å². The van der Waals surface area contributed by atoms with Gasteiger partial charge in [0, 0.05) is 44.2 Å². The van der Waals surface area contributed by atoms with Crippen molar-refractivity contribution in [3.63, 3.8) is 0 Å². The zero-order chi connectivity index (χ0) is 14.3. The Labute approximate surface area is 129 Å². The van der Waals surface area contributed by atoms with Crippen LogP contribution >= 0.6 is 11.3 Å². The first-order chi connectivity index (χ1) is 10.3. The van der Waals surface area contributed by atoms with Crippen LogP contribution < -0.4 is 0 Å². The number of rotatable bonds is 2. The van der Waals surface area contributed by atoms with Gasteiger partial charge in [0.15, 0.2) is 0 Å². The topological polar surface area (TPSA) is 30.3 Å². The molecule has 21 heavy (non-hydrogen) atoms. The van der Waals surface area contributed by atoms with Gasteiger partial charge in [-0.2, -0.15) is 5.10 Å². The van der Waals surface area contributed by atoms with Crippen molar-refractivity contribution in [3.05, 3.63) is 39.8 Å². The van der Waals surface area contributed by atoms with E-state index < -0.39 is 0 Å². The number of hydrogen-bond acceptors (Lipinski definition) is 4. The zero-order valence-electron chi connectivity index (χ0n) is 12.4. The minimum absolute atomic E-state index is 0.00343. The van der Waals surface area contributed by atoms with Gasteiger partial charge >= 0.3 is 0 Å². The van der Waals surface area contributed by atoms with Gasteiger partial charge in [0.25, 0.3) is 0 Å². The van der Waals surface area contributed by atoms with Crippen LogP contribution in [0.25, 0.3) is 0 Å². The maximum atomic E-state index is 6.26. The molecule has 0 atom stereocenters. The molecular weight excluding hydrogens is 282 g/mol. The summed E-state index contributed by atoms with van der Waals surface area (Å²) in [6, 6.07) is 4.40. The Morgan fingerprint density at radius 2 is 2.19 bits per heavy atom. The summed E-state index contributed by atoms with van der Waals surface area (Å²) in [5.74, 6) is 0. The molecule has 2 aliphatic heterocycles. The van der Waals surface area contributed by atoms with Crippen molar-refractivity contribution in [1.82, 2.24) is 14.7 Å². The number of piperidine rings is 1. The van der Waals surface area contributed by atoms with E-state index in [1.54, 1.807) is 4.88 Å². The normalized spacial score (nSPS) is 21.6. The molecule has 0 bridgehead atoms. The minimum Gasteiger partial charge on any atom is -0.370 e. The van der Waals surface area contributed by atoms with Gasteiger partial charge in [-0.15, -0.1) is 11.3 Å². The lowest BCUT2D eigenvalue weighted by molar-refractivity contribution is -0.0982. The van der Waals surface area contributed by atoms with Gasteiger partial charge in [-0.05, 0) is 35.9 Å². The van der Waals surface area contributed by atoms with Gasteiger partial charge < -0.3 is 4.74 Å². The number of likely N-dealkylation sites (tertiary alicyclic amines) is 1.